The Morgan fingerprint density at radius 1 is 1.30 bits per heavy atom. The van der Waals surface area contributed by atoms with Crippen molar-refractivity contribution in [3.8, 4) is 0 Å². The lowest BCUT2D eigenvalue weighted by atomic mass is 9.98. The van der Waals surface area contributed by atoms with Gasteiger partial charge < -0.3 is 9.47 Å². The van der Waals surface area contributed by atoms with Crippen molar-refractivity contribution in [3.63, 3.8) is 0 Å². The predicted molar refractivity (Wildman–Crippen MR) is 81.6 cm³/mol. The van der Waals surface area contributed by atoms with Gasteiger partial charge in [0.05, 0.1) is 18.8 Å². The molecule has 1 aliphatic carbocycles. The van der Waals surface area contributed by atoms with Crippen LogP contribution in [0.15, 0.2) is 23.3 Å². The third-order valence-corrected chi connectivity index (χ3v) is 3.48. The Kier molecular flexibility index (Phi) is 9.05. The number of rotatable bonds is 9. The minimum absolute atomic E-state index is 0.227. The molecule has 3 heteroatoms. The quantitative estimate of drug-likeness (QED) is 0.361. The molecule has 1 rings (SSSR count). The number of carbonyl (C=O) groups excluding carboxylic acids is 1. The van der Waals surface area contributed by atoms with Crippen molar-refractivity contribution in [2.24, 2.45) is 0 Å². The second kappa shape index (κ2) is 10.7. The van der Waals surface area contributed by atoms with Gasteiger partial charge in [-0.05, 0) is 38.2 Å². The second-order valence-corrected chi connectivity index (χ2v) is 5.32. The lowest BCUT2D eigenvalue weighted by Crippen LogP contribution is -2.13. The fourth-order valence-electron chi connectivity index (χ4n) is 2.32. The Morgan fingerprint density at radius 2 is 2.15 bits per heavy atom. The molecule has 0 bridgehead atoms. The Bertz CT molecular complexity index is 342. The highest BCUT2D eigenvalue weighted by Gasteiger charge is 2.12. The summed E-state index contributed by atoms with van der Waals surface area (Å²) in [6.45, 7) is 3.01. The van der Waals surface area contributed by atoms with E-state index in [1.807, 2.05) is 6.08 Å². The molecule has 20 heavy (non-hydrogen) atoms. The third kappa shape index (κ3) is 6.90. The zero-order valence-electron chi connectivity index (χ0n) is 13.0. The molecular weight excluding hydrogens is 252 g/mol. The van der Waals surface area contributed by atoms with Gasteiger partial charge in [-0.2, -0.15) is 0 Å². The number of carbonyl (C=O) groups is 1. The molecule has 0 radical (unpaired) electrons. The van der Waals surface area contributed by atoms with Crippen LogP contribution < -0.4 is 0 Å². The summed E-state index contributed by atoms with van der Waals surface area (Å²) in [6, 6.07) is 0. The number of ether oxygens (including phenoxy) is 2. The molecule has 114 valence electrons. The monoisotopic (exact) mass is 280 g/mol. The van der Waals surface area contributed by atoms with E-state index in [0.29, 0.717) is 18.8 Å². The molecule has 0 aromatic heterocycles. The molecule has 0 spiro atoms. The van der Waals surface area contributed by atoms with Crippen molar-refractivity contribution in [1.29, 1.82) is 0 Å². The van der Waals surface area contributed by atoms with Gasteiger partial charge in [0.25, 0.3) is 0 Å². The number of hydrogen-bond acceptors (Lipinski definition) is 3. The van der Waals surface area contributed by atoms with E-state index in [2.05, 4.69) is 13.0 Å². The average molecular weight is 280 g/mol. The molecule has 0 unspecified atom stereocenters. The maximum Gasteiger partial charge on any atom is 0.336 e. The van der Waals surface area contributed by atoms with E-state index in [9.17, 15) is 4.79 Å². The highest BCUT2D eigenvalue weighted by atomic mass is 16.5. The van der Waals surface area contributed by atoms with Crippen molar-refractivity contribution in [1.82, 2.24) is 0 Å². The molecule has 0 saturated heterocycles. The van der Waals surface area contributed by atoms with Gasteiger partial charge in [0.15, 0.2) is 0 Å². The van der Waals surface area contributed by atoms with Crippen molar-refractivity contribution < 1.29 is 14.3 Å². The molecule has 0 saturated carbocycles. The number of hydrogen-bond donors (Lipinski definition) is 0. The van der Waals surface area contributed by atoms with Crippen LogP contribution in [0.5, 0.6) is 0 Å². The van der Waals surface area contributed by atoms with Gasteiger partial charge in [0.2, 0.25) is 0 Å². The molecule has 3 nitrogen and oxygen atoms in total. The maximum atomic E-state index is 12.0. The molecular formula is C17H28O3. The standard InChI is InChI=1S/C17H28O3/c1-3-4-5-9-12-20-17(18)16(14-19-2)13-15-10-7-6-8-11-15/h10,13H,3-9,11-12,14H2,1-2H3. The van der Waals surface area contributed by atoms with E-state index >= 15 is 0 Å². The van der Waals surface area contributed by atoms with E-state index in [1.165, 1.54) is 31.3 Å². The predicted octanol–water partition coefficient (Wildman–Crippen LogP) is 4.18. The number of allylic oxidation sites excluding steroid dienone is 3. The van der Waals surface area contributed by atoms with Crippen molar-refractivity contribution >= 4 is 5.97 Å². The molecule has 0 aromatic rings. The van der Waals surface area contributed by atoms with Crippen LogP contribution in [0.3, 0.4) is 0 Å². The van der Waals surface area contributed by atoms with E-state index < -0.39 is 0 Å². The van der Waals surface area contributed by atoms with Crippen molar-refractivity contribution in [2.45, 2.75) is 58.3 Å². The zero-order valence-corrected chi connectivity index (χ0v) is 13.0. The van der Waals surface area contributed by atoms with Crippen LogP contribution in [0.25, 0.3) is 0 Å². The molecule has 0 amide bonds. The minimum atomic E-state index is -0.227. The topological polar surface area (TPSA) is 35.5 Å². The third-order valence-electron chi connectivity index (χ3n) is 3.48. The van der Waals surface area contributed by atoms with Crippen LogP contribution in [-0.4, -0.2) is 26.3 Å². The fraction of sp³-hybridized carbons (Fsp3) is 0.706. The summed E-state index contributed by atoms with van der Waals surface area (Å²) >= 11 is 0. The lowest BCUT2D eigenvalue weighted by Gasteiger charge is -2.12. The first-order valence-electron chi connectivity index (χ1n) is 7.83. The highest BCUT2D eigenvalue weighted by molar-refractivity contribution is 5.89. The first kappa shape index (κ1) is 17.0. The lowest BCUT2D eigenvalue weighted by molar-refractivity contribution is -0.139. The van der Waals surface area contributed by atoms with Crippen molar-refractivity contribution in [2.75, 3.05) is 20.3 Å². The summed E-state index contributed by atoms with van der Waals surface area (Å²) in [6.07, 6.45) is 13.2. The summed E-state index contributed by atoms with van der Waals surface area (Å²) in [7, 11) is 1.61. The van der Waals surface area contributed by atoms with Crippen LogP contribution >= 0.6 is 0 Å². The first-order chi connectivity index (χ1) is 9.77. The Balaban J connectivity index is 2.45. The normalized spacial score (nSPS) is 15.9. The van der Waals surface area contributed by atoms with Crippen LogP contribution in [0.2, 0.25) is 0 Å². The zero-order chi connectivity index (χ0) is 14.6. The number of methoxy groups -OCH3 is 1. The summed E-state index contributed by atoms with van der Waals surface area (Å²) in [5.74, 6) is -0.227. The summed E-state index contributed by atoms with van der Waals surface area (Å²) in [5.41, 5.74) is 1.88. The van der Waals surface area contributed by atoms with Gasteiger partial charge in [0, 0.05) is 7.11 Å². The van der Waals surface area contributed by atoms with Gasteiger partial charge in [-0.25, -0.2) is 4.79 Å². The highest BCUT2D eigenvalue weighted by Crippen LogP contribution is 2.20. The number of unbranched alkanes of at least 4 members (excludes halogenated alkanes) is 3. The summed E-state index contributed by atoms with van der Waals surface area (Å²) in [4.78, 5) is 12.0. The van der Waals surface area contributed by atoms with Gasteiger partial charge in [-0.3, -0.25) is 0 Å². The van der Waals surface area contributed by atoms with Crippen LogP contribution in [0, 0.1) is 0 Å². The fourth-order valence-corrected chi connectivity index (χ4v) is 2.32. The second-order valence-electron chi connectivity index (χ2n) is 5.32. The van der Waals surface area contributed by atoms with Gasteiger partial charge >= 0.3 is 5.97 Å². The molecule has 1 aliphatic rings. The molecule has 0 heterocycles. The van der Waals surface area contributed by atoms with Crippen LogP contribution in [-0.2, 0) is 14.3 Å². The molecule has 0 atom stereocenters. The van der Waals surface area contributed by atoms with E-state index in [4.69, 9.17) is 9.47 Å². The largest absolute Gasteiger partial charge is 0.462 e. The van der Waals surface area contributed by atoms with Gasteiger partial charge in [-0.15, -0.1) is 0 Å². The van der Waals surface area contributed by atoms with Crippen LogP contribution in [0.4, 0.5) is 0 Å². The molecule has 0 fully saturated rings. The maximum absolute atomic E-state index is 12.0. The van der Waals surface area contributed by atoms with Gasteiger partial charge in [-0.1, -0.05) is 37.8 Å². The Hall–Kier alpha value is -1.09. The SMILES string of the molecule is CCCCCCOC(=O)C(=CC1=CCCCC1)COC. The first-order valence-corrected chi connectivity index (χ1v) is 7.83. The molecule has 0 N–H and O–H groups in total. The van der Waals surface area contributed by atoms with E-state index in [1.54, 1.807) is 7.11 Å². The number of esters is 1. The van der Waals surface area contributed by atoms with Crippen LogP contribution in [0.1, 0.15) is 58.3 Å². The molecule has 0 aromatic carbocycles. The molecule has 0 aliphatic heterocycles. The van der Waals surface area contributed by atoms with E-state index in [0.717, 1.165) is 25.7 Å². The Labute approximate surface area is 123 Å². The average Bonchev–Trinajstić information content (AvgIpc) is 2.47. The van der Waals surface area contributed by atoms with E-state index in [-0.39, 0.29) is 5.97 Å². The minimum Gasteiger partial charge on any atom is -0.462 e. The Morgan fingerprint density at radius 3 is 2.80 bits per heavy atom. The smallest absolute Gasteiger partial charge is 0.336 e. The summed E-state index contributed by atoms with van der Waals surface area (Å²) < 4.78 is 10.4. The van der Waals surface area contributed by atoms with Crippen molar-refractivity contribution in [3.05, 3.63) is 23.3 Å². The summed E-state index contributed by atoms with van der Waals surface area (Å²) in [5, 5.41) is 0. The van der Waals surface area contributed by atoms with Gasteiger partial charge in [0.1, 0.15) is 0 Å².